The molecule has 0 amide bonds. The second-order valence-corrected chi connectivity index (χ2v) is 4.87. The van der Waals surface area contributed by atoms with Gasteiger partial charge in [-0.3, -0.25) is 4.79 Å². The van der Waals surface area contributed by atoms with Crippen molar-refractivity contribution in [2.24, 2.45) is 7.05 Å². The van der Waals surface area contributed by atoms with Crippen LogP contribution in [-0.2, 0) is 19.9 Å². The number of anilines is 1. The zero-order valence-electron chi connectivity index (χ0n) is 10.7. The average Bonchev–Trinajstić information content (AvgIpc) is 2.86. The first-order valence-corrected chi connectivity index (χ1v) is 6.35. The zero-order chi connectivity index (χ0) is 13.4. The van der Waals surface area contributed by atoms with Crippen molar-refractivity contribution in [1.82, 2.24) is 4.57 Å². The Hall–Kier alpha value is -2.10. The van der Waals surface area contributed by atoms with Crippen molar-refractivity contribution in [3.8, 4) is 0 Å². The summed E-state index contributed by atoms with van der Waals surface area (Å²) in [7, 11) is 1.81. The summed E-state index contributed by atoms with van der Waals surface area (Å²) in [5, 5.41) is 3.28. The number of nitrogens with zero attached hydrogens (tertiary/aromatic N) is 1. The third-order valence-corrected chi connectivity index (χ3v) is 3.60. The lowest BCUT2D eigenvalue weighted by Gasteiger charge is -2.10. The van der Waals surface area contributed by atoms with Crippen LogP contribution in [-0.4, -0.2) is 11.1 Å². The molecule has 1 aromatic heterocycles. The summed E-state index contributed by atoms with van der Waals surface area (Å²) in [5.74, 6) is -0.257. The van der Waals surface area contributed by atoms with E-state index < -0.39 is 0 Å². The van der Waals surface area contributed by atoms with Crippen LogP contribution in [0.1, 0.15) is 16.8 Å². The molecule has 0 saturated heterocycles. The molecule has 3 rings (SSSR count). The fraction of sp³-hybridized carbons (Fsp3) is 0.267. The van der Waals surface area contributed by atoms with Gasteiger partial charge in [-0.25, -0.2) is 4.39 Å². The first-order chi connectivity index (χ1) is 9.15. The minimum Gasteiger partial charge on any atom is -0.383 e. The number of nitrogens with one attached hydrogen (secondary N) is 1. The molecule has 98 valence electrons. The number of aromatic nitrogens is 1. The number of hydrogen-bond acceptors (Lipinski definition) is 2. The van der Waals surface area contributed by atoms with Gasteiger partial charge < -0.3 is 9.88 Å². The van der Waals surface area contributed by atoms with E-state index in [0.29, 0.717) is 6.42 Å². The van der Waals surface area contributed by atoms with Gasteiger partial charge in [-0.05, 0) is 23.8 Å². The molecule has 19 heavy (non-hydrogen) atoms. The van der Waals surface area contributed by atoms with Crippen LogP contribution in [0.25, 0.3) is 0 Å². The molecule has 0 spiro atoms. The number of hydrogen-bond donors (Lipinski definition) is 1. The Kier molecular flexibility index (Phi) is 2.85. The largest absolute Gasteiger partial charge is 0.383 e. The van der Waals surface area contributed by atoms with Crippen LogP contribution in [0.4, 0.5) is 10.1 Å². The van der Waals surface area contributed by atoms with E-state index in [9.17, 15) is 9.18 Å². The lowest BCUT2D eigenvalue weighted by atomic mass is 10.1. The second kappa shape index (κ2) is 4.53. The van der Waals surface area contributed by atoms with Gasteiger partial charge in [-0.2, -0.15) is 0 Å². The van der Waals surface area contributed by atoms with Crippen molar-refractivity contribution in [2.75, 3.05) is 11.9 Å². The Labute approximate surface area is 110 Å². The van der Waals surface area contributed by atoms with Crippen LogP contribution in [0.15, 0.2) is 35.1 Å². The van der Waals surface area contributed by atoms with Gasteiger partial charge in [0.15, 0.2) is 0 Å². The minimum atomic E-state index is -0.257. The maximum Gasteiger partial charge on any atom is 0.254 e. The van der Waals surface area contributed by atoms with Gasteiger partial charge in [-0.15, -0.1) is 0 Å². The summed E-state index contributed by atoms with van der Waals surface area (Å²) in [5.41, 5.74) is 3.82. The van der Waals surface area contributed by atoms with E-state index in [1.165, 1.54) is 12.1 Å². The summed E-state index contributed by atoms with van der Waals surface area (Å²) >= 11 is 0. The lowest BCUT2D eigenvalue weighted by Crippen LogP contribution is -2.23. The summed E-state index contributed by atoms with van der Waals surface area (Å²) in [6.07, 6.45) is 1.42. The summed E-state index contributed by atoms with van der Waals surface area (Å²) < 4.78 is 14.6. The zero-order valence-corrected chi connectivity index (χ0v) is 10.7. The van der Waals surface area contributed by atoms with Gasteiger partial charge in [0.25, 0.3) is 5.56 Å². The fourth-order valence-corrected chi connectivity index (χ4v) is 2.56. The first kappa shape index (κ1) is 12.0. The van der Waals surface area contributed by atoms with Crippen molar-refractivity contribution in [1.29, 1.82) is 0 Å². The molecule has 1 N–H and O–H groups in total. The van der Waals surface area contributed by atoms with Crippen LogP contribution in [0.3, 0.4) is 0 Å². The molecule has 1 aliphatic heterocycles. The molecular weight excluding hydrogens is 243 g/mol. The molecule has 0 saturated carbocycles. The molecule has 0 fully saturated rings. The first-order valence-electron chi connectivity index (χ1n) is 6.35. The summed E-state index contributed by atoms with van der Waals surface area (Å²) in [6.45, 7) is 0.878. The molecular formula is C15H15FN2O. The van der Waals surface area contributed by atoms with E-state index in [1.54, 1.807) is 16.7 Å². The van der Waals surface area contributed by atoms with E-state index in [1.807, 2.05) is 13.1 Å². The third-order valence-electron chi connectivity index (χ3n) is 3.60. The van der Waals surface area contributed by atoms with Crippen molar-refractivity contribution in [3.63, 3.8) is 0 Å². The topological polar surface area (TPSA) is 34.0 Å². The van der Waals surface area contributed by atoms with Crippen LogP contribution < -0.4 is 10.9 Å². The van der Waals surface area contributed by atoms with Crippen LogP contribution in [0.5, 0.6) is 0 Å². The van der Waals surface area contributed by atoms with Crippen LogP contribution in [0, 0.1) is 5.82 Å². The average molecular weight is 258 g/mol. The quantitative estimate of drug-likeness (QED) is 0.895. The molecule has 0 unspecified atom stereocenters. The molecule has 0 bridgehead atoms. The van der Waals surface area contributed by atoms with Gasteiger partial charge in [0.05, 0.1) is 5.69 Å². The van der Waals surface area contributed by atoms with Crippen molar-refractivity contribution in [3.05, 3.63) is 63.3 Å². The number of benzene rings is 1. The highest BCUT2D eigenvalue weighted by Gasteiger charge is 2.16. The summed E-state index contributed by atoms with van der Waals surface area (Å²) in [6, 6.07) is 8.20. The minimum absolute atomic E-state index is 0.0341. The smallest absolute Gasteiger partial charge is 0.254 e. The molecule has 0 atom stereocenters. The number of pyridine rings is 1. The normalized spacial score (nSPS) is 13.2. The molecule has 2 aromatic rings. The Balaban J connectivity index is 2.00. The van der Waals surface area contributed by atoms with E-state index in [4.69, 9.17) is 0 Å². The molecule has 0 aliphatic carbocycles. The van der Waals surface area contributed by atoms with Crippen molar-refractivity contribution < 1.29 is 4.39 Å². The summed E-state index contributed by atoms with van der Waals surface area (Å²) in [4.78, 5) is 12.3. The highest BCUT2D eigenvalue weighted by Crippen LogP contribution is 2.21. The van der Waals surface area contributed by atoms with E-state index in [0.717, 1.165) is 35.5 Å². The van der Waals surface area contributed by atoms with Crippen LogP contribution in [0.2, 0.25) is 0 Å². The van der Waals surface area contributed by atoms with Gasteiger partial charge >= 0.3 is 0 Å². The Morgan fingerprint density at radius 2 is 2.05 bits per heavy atom. The van der Waals surface area contributed by atoms with Crippen LogP contribution >= 0.6 is 0 Å². The Morgan fingerprint density at radius 1 is 1.32 bits per heavy atom. The van der Waals surface area contributed by atoms with E-state index >= 15 is 0 Å². The number of fused-ring (bicyclic) bond motifs is 1. The maximum atomic E-state index is 12.9. The Bertz CT molecular complexity index is 674. The lowest BCUT2D eigenvalue weighted by molar-refractivity contribution is 0.627. The Morgan fingerprint density at radius 3 is 2.79 bits per heavy atom. The molecule has 1 aromatic carbocycles. The number of halogens is 1. The maximum absolute atomic E-state index is 12.9. The van der Waals surface area contributed by atoms with E-state index in [2.05, 4.69) is 5.32 Å². The third kappa shape index (κ3) is 2.14. The van der Waals surface area contributed by atoms with Crippen molar-refractivity contribution >= 4 is 5.69 Å². The van der Waals surface area contributed by atoms with Gasteiger partial charge in [0.1, 0.15) is 5.82 Å². The van der Waals surface area contributed by atoms with E-state index in [-0.39, 0.29) is 11.4 Å². The predicted octanol–water partition coefficient (Wildman–Crippen LogP) is 2.08. The molecule has 1 aliphatic rings. The fourth-order valence-electron chi connectivity index (χ4n) is 2.56. The predicted molar refractivity (Wildman–Crippen MR) is 73.1 cm³/mol. The molecule has 3 nitrogen and oxygen atoms in total. The highest BCUT2D eigenvalue weighted by atomic mass is 19.1. The monoisotopic (exact) mass is 258 g/mol. The number of rotatable bonds is 2. The standard InChI is InChI=1S/C15H15FN2O/c1-18-14-6-7-17-13(14)9-11(15(18)19)8-10-2-4-12(16)5-3-10/h2-5,9,17H,6-8H2,1H3. The molecule has 4 heteroatoms. The highest BCUT2D eigenvalue weighted by molar-refractivity contribution is 5.54. The molecule has 0 radical (unpaired) electrons. The van der Waals surface area contributed by atoms with Gasteiger partial charge in [0.2, 0.25) is 0 Å². The van der Waals surface area contributed by atoms with Gasteiger partial charge in [-0.1, -0.05) is 12.1 Å². The van der Waals surface area contributed by atoms with Crippen molar-refractivity contribution in [2.45, 2.75) is 12.8 Å². The molecule has 2 heterocycles. The second-order valence-electron chi connectivity index (χ2n) is 4.87. The SMILES string of the molecule is Cn1c2c(cc(Cc3ccc(F)cc3)c1=O)NCC2. The van der Waals surface area contributed by atoms with Gasteiger partial charge in [0, 0.05) is 37.7 Å².